The summed E-state index contributed by atoms with van der Waals surface area (Å²) in [7, 11) is 0. The van der Waals surface area contributed by atoms with Crippen molar-refractivity contribution in [2.75, 3.05) is 39.3 Å². The van der Waals surface area contributed by atoms with Gasteiger partial charge in [0.1, 0.15) is 11.9 Å². The minimum Gasteiger partial charge on any atom is -0.481 e. The number of ether oxygens (including phenoxy) is 1. The van der Waals surface area contributed by atoms with E-state index in [2.05, 4.69) is 25.0 Å². The predicted octanol–water partition coefficient (Wildman–Crippen LogP) is 3.34. The summed E-state index contributed by atoms with van der Waals surface area (Å²) in [6.45, 7) is 7.03. The number of carboxylic acid groups (broad SMARTS) is 1. The quantitative estimate of drug-likeness (QED) is 0.335. The molecule has 13 heteroatoms. The number of carbonyl (C=O) groups is 2. The lowest BCUT2D eigenvalue weighted by atomic mass is 9.92. The first-order chi connectivity index (χ1) is 20.7. The Kier molecular flexibility index (Phi) is 8.47. The van der Waals surface area contributed by atoms with Crippen LogP contribution in [-0.4, -0.2) is 99.1 Å². The number of aliphatic imine (C=N–C) groups is 1. The largest absolute Gasteiger partial charge is 0.481 e. The van der Waals surface area contributed by atoms with Crippen LogP contribution in [0.2, 0.25) is 0 Å². The van der Waals surface area contributed by atoms with Gasteiger partial charge in [-0.2, -0.15) is 0 Å². The molecule has 2 aromatic rings. The zero-order valence-corrected chi connectivity index (χ0v) is 25.8. The van der Waals surface area contributed by atoms with Crippen molar-refractivity contribution in [2.45, 2.75) is 51.2 Å². The molecule has 0 spiro atoms. The molecule has 4 aliphatic rings. The molecule has 0 amide bonds. The molecule has 10 nitrogen and oxygen atoms in total. The van der Waals surface area contributed by atoms with Crippen molar-refractivity contribution < 1.29 is 23.8 Å². The molecule has 0 bridgehead atoms. The molecular weight excluding hydrogens is 592 g/mol. The van der Waals surface area contributed by atoms with E-state index in [9.17, 15) is 19.1 Å². The molecule has 43 heavy (non-hydrogen) atoms. The number of amidine groups is 1. The zero-order valence-electron chi connectivity index (χ0n) is 24.2. The first-order valence-corrected chi connectivity index (χ1v) is 16.0. The number of thiazole rings is 1. The van der Waals surface area contributed by atoms with Gasteiger partial charge in [0.25, 0.3) is 0 Å². The highest BCUT2D eigenvalue weighted by Gasteiger charge is 2.44. The van der Waals surface area contributed by atoms with Crippen molar-refractivity contribution in [1.82, 2.24) is 25.0 Å². The first-order valence-electron chi connectivity index (χ1n) is 14.7. The minimum atomic E-state index is -0.759. The van der Waals surface area contributed by atoms with E-state index in [1.807, 2.05) is 5.38 Å². The fraction of sp³-hybridized carbons (Fsp3) is 0.500. The van der Waals surface area contributed by atoms with E-state index in [1.54, 1.807) is 32.2 Å². The van der Waals surface area contributed by atoms with E-state index in [0.29, 0.717) is 52.6 Å². The smallest absolute Gasteiger partial charge is 0.338 e. The number of benzene rings is 1. The summed E-state index contributed by atoms with van der Waals surface area (Å²) in [5, 5.41) is 16.2. The normalized spacial score (nSPS) is 25.9. The molecule has 6 rings (SSSR count). The van der Waals surface area contributed by atoms with Crippen LogP contribution in [0.1, 0.15) is 48.4 Å². The number of aromatic nitrogens is 1. The number of thiocarbonyl (C=S) groups is 1. The highest BCUT2D eigenvalue weighted by atomic mass is 32.1. The van der Waals surface area contributed by atoms with Crippen LogP contribution in [0.3, 0.4) is 0 Å². The van der Waals surface area contributed by atoms with Crippen LogP contribution in [0.4, 0.5) is 4.39 Å². The van der Waals surface area contributed by atoms with Gasteiger partial charge in [0.2, 0.25) is 0 Å². The van der Waals surface area contributed by atoms with Crippen molar-refractivity contribution in [2.24, 2.45) is 10.9 Å². The Bertz CT molecular complexity index is 1480. The lowest BCUT2D eigenvalue weighted by molar-refractivity contribution is -0.141. The summed E-state index contributed by atoms with van der Waals surface area (Å²) in [6.07, 6.45) is 3.84. The third-order valence-corrected chi connectivity index (χ3v) is 10.2. The molecule has 2 N–H and O–H groups in total. The lowest BCUT2D eigenvalue weighted by Gasteiger charge is -2.39. The molecule has 4 atom stereocenters. The van der Waals surface area contributed by atoms with Gasteiger partial charge in [-0.05, 0) is 62.5 Å². The van der Waals surface area contributed by atoms with Crippen molar-refractivity contribution in [1.29, 1.82) is 0 Å². The van der Waals surface area contributed by atoms with Gasteiger partial charge in [-0.15, -0.1) is 11.3 Å². The molecule has 1 saturated carbocycles. The number of halogens is 1. The molecule has 1 aromatic carbocycles. The number of esters is 1. The average Bonchev–Trinajstić information content (AvgIpc) is 3.75. The summed E-state index contributed by atoms with van der Waals surface area (Å²) < 4.78 is 20.3. The fourth-order valence-corrected chi connectivity index (χ4v) is 7.75. The SMILES string of the molecule is CCOC(=O)C1=C(CN2CCN3C(=S)N(C4CC[C@@H](C(=O)O)C4)C[C@H]3C2)NC(c2nccs2)=N[C@H]1c1cccc(F)c1C. The van der Waals surface area contributed by atoms with Crippen LogP contribution in [0.5, 0.6) is 0 Å². The highest BCUT2D eigenvalue weighted by Crippen LogP contribution is 2.37. The summed E-state index contributed by atoms with van der Waals surface area (Å²) in [5.41, 5.74) is 2.07. The summed E-state index contributed by atoms with van der Waals surface area (Å²) in [5.74, 6) is -1.35. The maximum Gasteiger partial charge on any atom is 0.338 e. The Morgan fingerprint density at radius 1 is 1.21 bits per heavy atom. The zero-order chi connectivity index (χ0) is 30.2. The monoisotopic (exact) mass is 626 g/mol. The number of carboxylic acids is 1. The second-order valence-electron chi connectivity index (χ2n) is 11.4. The Balaban J connectivity index is 1.28. The number of piperazine rings is 1. The molecular formula is C30H35FN6O4S2. The molecule has 3 fully saturated rings. The Labute approximate surface area is 259 Å². The number of rotatable bonds is 8. The molecule has 3 aliphatic heterocycles. The van der Waals surface area contributed by atoms with Gasteiger partial charge in [-0.25, -0.2) is 14.2 Å². The Hall–Kier alpha value is -3.42. The van der Waals surface area contributed by atoms with E-state index < -0.39 is 18.0 Å². The van der Waals surface area contributed by atoms with Crippen LogP contribution >= 0.6 is 23.6 Å². The second kappa shape index (κ2) is 12.3. The molecule has 0 radical (unpaired) electrons. The fourth-order valence-electron chi connectivity index (χ4n) is 6.70. The van der Waals surface area contributed by atoms with E-state index >= 15 is 0 Å². The number of fused-ring (bicyclic) bond motifs is 1. The predicted molar refractivity (Wildman–Crippen MR) is 164 cm³/mol. The number of nitrogens with one attached hydrogen (secondary N) is 1. The van der Waals surface area contributed by atoms with Crippen LogP contribution in [0.15, 0.2) is 46.0 Å². The van der Waals surface area contributed by atoms with Crippen molar-refractivity contribution in [3.05, 3.63) is 63.0 Å². The second-order valence-corrected chi connectivity index (χ2v) is 12.7. The summed E-state index contributed by atoms with van der Waals surface area (Å²) in [4.78, 5) is 41.2. The molecule has 1 unspecified atom stereocenters. The maximum atomic E-state index is 14.7. The van der Waals surface area contributed by atoms with Crippen LogP contribution in [0.25, 0.3) is 0 Å². The van der Waals surface area contributed by atoms with Gasteiger partial charge in [-0.3, -0.25) is 14.7 Å². The minimum absolute atomic E-state index is 0.151. The first kappa shape index (κ1) is 29.6. The topological polar surface area (TPSA) is 111 Å². The number of hydrogen-bond donors (Lipinski definition) is 2. The van der Waals surface area contributed by atoms with Gasteiger partial charge >= 0.3 is 11.9 Å². The molecule has 1 aromatic heterocycles. The van der Waals surface area contributed by atoms with E-state index in [0.717, 1.165) is 37.7 Å². The summed E-state index contributed by atoms with van der Waals surface area (Å²) >= 11 is 7.30. The maximum absolute atomic E-state index is 14.7. The third kappa shape index (κ3) is 5.77. The molecule has 1 aliphatic carbocycles. The standard InChI is InChI=1S/C30H35FN6O4S2/c1-3-41-29(40)24-23(33-26(27-32-9-12-43-27)34-25(24)21-5-4-6-22(31)17(21)2)16-35-10-11-36-20(14-35)15-37(30(36)42)19-8-7-18(13-19)28(38)39/h4-6,9,12,18-20,25H,3,7-8,10-11,13-16H2,1-2H3,(H,33,34)(H,38,39)/t18-,19?,20-,25+/m1/s1. The highest BCUT2D eigenvalue weighted by molar-refractivity contribution is 7.80. The van der Waals surface area contributed by atoms with Gasteiger partial charge in [0.15, 0.2) is 16.0 Å². The number of carbonyl (C=O) groups excluding carboxylic acids is 1. The Morgan fingerprint density at radius 2 is 2.05 bits per heavy atom. The summed E-state index contributed by atoms with van der Waals surface area (Å²) in [6, 6.07) is 4.40. The van der Waals surface area contributed by atoms with Gasteiger partial charge in [-0.1, -0.05) is 12.1 Å². The van der Waals surface area contributed by atoms with E-state index in [1.165, 1.54) is 17.4 Å². The van der Waals surface area contributed by atoms with Gasteiger partial charge in [0.05, 0.1) is 24.1 Å². The lowest BCUT2D eigenvalue weighted by Crippen LogP contribution is -2.53. The number of nitrogens with zero attached hydrogens (tertiary/aromatic N) is 5. The van der Waals surface area contributed by atoms with Crippen LogP contribution in [-0.2, 0) is 14.3 Å². The van der Waals surface area contributed by atoms with Crippen molar-refractivity contribution in [3.8, 4) is 0 Å². The van der Waals surface area contributed by atoms with E-state index in [-0.39, 0.29) is 30.4 Å². The van der Waals surface area contributed by atoms with Gasteiger partial charge < -0.3 is 25.0 Å². The molecule has 4 heterocycles. The van der Waals surface area contributed by atoms with Gasteiger partial charge in [0, 0.05) is 56.0 Å². The molecule has 2 saturated heterocycles. The Morgan fingerprint density at radius 3 is 2.77 bits per heavy atom. The van der Waals surface area contributed by atoms with E-state index in [4.69, 9.17) is 21.9 Å². The average molecular weight is 627 g/mol. The number of hydrogen-bond acceptors (Lipinski definition) is 9. The van der Waals surface area contributed by atoms with Crippen LogP contribution < -0.4 is 5.32 Å². The van der Waals surface area contributed by atoms with Crippen molar-refractivity contribution >= 4 is 46.4 Å². The molecule has 228 valence electrons. The third-order valence-electron chi connectivity index (χ3n) is 8.90. The van der Waals surface area contributed by atoms with Crippen molar-refractivity contribution in [3.63, 3.8) is 0 Å². The van der Waals surface area contributed by atoms with Crippen LogP contribution in [0, 0.1) is 18.7 Å². The number of aliphatic carboxylic acids is 1.